The second-order valence-electron chi connectivity index (χ2n) is 3.25. The molecule has 1 aromatic heterocycles. The zero-order valence-electron chi connectivity index (χ0n) is 7.55. The molecule has 0 saturated heterocycles. The van der Waals surface area contributed by atoms with Crippen LogP contribution in [0.1, 0.15) is 11.3 Å². The molecule has 0 atom stereocenters. The van der Waals surface area contributed by atoms with Crippen LogP contribution in [0, 0.1) is 0 Å². The first-order chi connectivity index (χ1) is 6.18. The van der Waals surface area contributed by atoms with E-state index in [1.807, 2.05) is 19.2 Å². The van der Waals surface area contributed by atoms with Crippen LogP contribution in [-0.2, 0) is 6.42 Å². The van der Waals surface area contributed by atoms with Crippen molar-refractivity contribution in [1.29, 1.82) is 0 Å². The molecule has 2 nitrogen and oxygen atoms in total. The van der Waals surface area contributed by atoms with Crippen molar-refractivity contribution in [2.75, 3.05) is 13.6 Å². The molecule has 0 amide bonds. The molecule has 3 heteroatoms. The van der Waals surface area contributed by atoms with E-state index in [1.165, 1.54) is 0 Å². The van der Waals surface area contributed by atoms with E-state index in [9.17, 15) is 0 Å². The molecular weight excluding hydrogens is 184 g/mol. The predicted molar refractivity (Wildman–Crippen MR) is 54.6 cm³/mol. The monoisotopic (exact) mass is 194 g/mol. The van der Waals surface area contributed by atoms with Crippen LogP contribution < -0.4 is 0 Å². The van der Waals surface area contributed by atoms with E-state index < -0.39 is 0 Å². The first kappa shape index (κ1) is 8.57. The van der Waals surface area contributed by atoms with E-state index in [0.717, 1.165) is 29.9 Å². The molecule has 2 heterocycles. The lowest BCUT2D eigenvalue weighted by Crippen LogP contribution is -2.25. The molecule has 0 radical (unpaired) electrons. The van der Waals surface area contributed by atoms with Crippen molar-refractivity contribution in [2.24, 2.45) is 0 Å². The van der Waals surface area contributed by atoms with Crippen LogP contribution in [0.15, 0.2) is 18.7 Å². The highest BCUT2D eigenvalue weighted by molar-refractivity contribution is 6.29. The van der Waals surface area contributed by atoms with Gasteiger partial charge < -0.3 is 4.90 Å². The summed E-state index contributed by atoms with van der Waals surface area (Å²) < 4.78 is 0. The third kappa shape index (κ3) is 1.42. The van der Waals surface area contributed by atoms with Gasteiger partial charge in [0.1, 0.15) is 5.15 Å². The van der Waals surface area contributed by atoms with Gasteiger partial charge in [-0.05, 0) is 12.1 Å². The Bertz CT molecular complexity index is 360. The van der Waals surface area contributed by atoms with E-state index in [2.05, 4.69) is 16.5 Å². The smallest absolute Gasteiger partial charge is 0.129 e. The van der Waals surface area contributed by atoms with Crippen molar-refractivity contribution in [3.05, 3.63) is 35.1 Å². The molecule has 0 aliphatic carbocycles. The third-order valence-corrected chi connectivity index (χ3v) is 2.61. The summed E-state index contributed by atoms with van der Waals surface area (Å²) in [4.78, 5) is 6.41. The van der Waals surface area contributed by atoms with Crippen molar-refractivity contribution < 1.29 is 0 Å². The number of halogens is 1. The second kappa shape index (κ2) is 3.04. The number of fused-ring (bicyclic) bond motifs is 1. The zero-order chi connectivity index (χ0) is 9.42. The van der Waals surface area contributed by atoms with Crippen molar-refractivity contribution in [1.82, 2.24) is 9.88 Å². The van der Waals surface area contributed by atoms with Crippen LogP contribution in [0.4, 0.5) is 0 Å². The highest BCUT2D eigenvalue weighted by Gasteiger charge is 2.17. The average molecular weight is 195 g/mol. The normalized spacial score (nSPS) is 15.8. The van der Waals surface area contributed by atoms with Crippen molar-refractivity contribution >= 4 is 17.3 Å². The van der Waals surface area contributed by atoms with Gasteiger partial charge >= 0.3 is 0 Å². The zero-order valence-corrected chi connectivity index (χ0v) is 8.30. The minimum absolute atomic E-state index is 0.566. The van der Waals surface area contributed by atoms with Gasteiger partial charge in [-0.15, -0.1) is 0 Å². The van der Waals surface area contributed by atoms with E-state index in [-0.39, 0.29) is 0 Å². The summed E-state index contributed by atoms with van der Waals surface area (Å²) in [6.45, 7) is 4.98. The maximum Gasteiger partial charge on any atom is 0.129 e. The highest BCUT2D eigenvalue weighted by Crippen LogP contribution is 2.25. The molecule has 1 aliphatic heterocycles. The summed E-state index contributed by atoms with van der Waals surface area (Å²) in [5.74, 6) is 0. The predicted octanol–water partition coefficient (Wildman–Crippen LogP) is 2.19. The fourth-order valence-electron chi connectivity index (χ4n) is 1.54. The van der Waals surface area contributed by atoms with Gasteiger partial charge in [0, 0.05) is 31.3 Å². The molecular formula is C10H11ClN2. The number of rotatable bonds is 0. The van der Waals surface area contributed by atoms with Gasteiger partial charge in [0.25, 0.3) is 0 Å². The minimum atomic E-state index is 0.566. The van der Waals surface area contributed by atoms with Crippen LogP contribution >= 0.6 is 11.6 Å². The topological polar surface area (TPSA) is 16.1 Å². The van der Waals surface area contributed by atoms with Gasteiger partial charge in [0.2, 0.25) is 0 Å². The standard InChI is InChI=1S/C10H11ClN2/c1-7-8-3-4-10(11)12-9(8)5-6-13(7)2/h3-4H,1,5-6H2,2H3. The first-order valence-electron chi connectivity index (χ1n) is 4.24. The Balaban J connectivity index is 2.50. The number of hydrogen-bond donors (Lipinski definition) is 0. The number of pyridine rings is 1. The van der Waals surface area contributed by atoms with Gasteiger partial charge in [-0.2, -0.15) is 0 Å². The van der Waals surface area contributed by atoms with Crippen molar-refractivity contribution in [3.63, 3.8) is 0 Å². The van der Waals surface area contributed by atoms with Gasteiger partial charge in [-0.25, -0.2) is 4.98 Å². The molecule has 0 saturated carbocycles. The van der Waals surface area contributed by atoms with Crippen LogP contribution in [0.2, 0.25) is 5.15 Å². The maximum atomic E-state index is 5.81. The second-order valence-corrected chi connectivity index (χ2v) is 3.63. The Morgan fingerprint density at radius 1 is 1.54 bits per heavy atom. The Labute approximate surface area is 82.8 Å². The fourth-order valence-corrected chi connectivity index (χ4v) is 1.71. The minimum Gasteiger partial charge on any atom is -0.374 e. The lowest BCUT2D eigenvalue weighted by molar-refractivity contribution is 0.466. The van der Waals surface area contributed by atoms with Crippen molar-refractivity contribution in [3.8, 4) is 0 Å². The van der Waals surface area contributed by atoms with Crippen molar-refractivity contribution in [2.45, 2.75) is 6.42 Å². The van der Waals surface area contributed by atoms with E-state index >= 15 is 0 Å². The van der Waals surface area contributed by atoms with Gasteiger partial charge in [0.05, 0.1) is 5.69 Å². The van der Waals surface area contributed by atoms with Crippen LogP contribution in [0.3, 0.4) is 0 Å². The Morgan fingerprint density at radius 2 is 2.31 bits per heavy atom. The Hall–Kier alpha value is -1.02. The summed E-state index contributed by atoms with van der Waals surface area (Å²) >= 11 is 5.81. The van der Waals surface area contributed by atoms with E-state index in [4.69, 9.17) is 11.6 Å². The molecule has 0 spiro atoms. The molecule has 0 N–H and O–H groups in total. The lowest BCUT2D eigenvalue weighted by Gasteiger charge is -2.28. The van der Waals surface area contributed by atoms with Gasteiger partial charge in [-0.3, -0.25) is 0 Å². The largest absolute Gasteiger partial charge is 0.374 e. The van der Waals surface area contributed by atoms with E-state index in [0.29, 0.717) is 5.15 Å². The van der Waals surface area contributed by atoms with E-state index in [1.54, 1.807) is 0 Å². The summed E-state index contributed by atoms with van der Waals surface area (Å²) in [6, 6.07) is 3.80. The van der Waals surface area contributed by atoms with Crippen LogP contribution in [-0.4, -0.2) is 23.5 Å². The SMILES string of the molecule is C=C1c2ccc(Cl)nc2CCN1C. The molecule has 2 rings (SSSR count). The Kier molecular flexibility index (Phi) is 2.00. The van der Waals surface area contributed by atoms with Gasteiger partial charge in [0.15, 0.2) is 0 Å². The average Bonchev–Trinajstić information content (AvgIpc) is 2.12. The highest BCUT2D eigenvalue weighted by atomic mass is 35.5. The van der Waals surface area contributed by atoms with Crippen LogP contribution in [0.5, 0.6) is 0 Å². The summed E-state index contributed by atoms with van der Waals surface area (Å²) in [5, 5.41) is 0.566. The van der Waals surface area contributed by atoms with Crippen LogP contribution in [0.25, 0.3) is 5.70 Å². The number of hydrogen-bond acceptors (Lipinski definition) is 2. The molecule has 1 aliphatic rings. The molecule has 1 aromatic rings. The quantitative estimate of drug-likeness (QED) is 0.589. The number of aromatic nitrogens is 1. The fraction of sp³-hybridized carbons (Fsp3) is 0.300. The molecule has 0 bridgehead atoms. The number of nitrogens with zero attached hydrogens (tertiary/aromatic N) is 2. The molecule has 0 fully saturated rings. The third-order valence-electron chi connectivity index (χ3n) is 2.40. The lowest BCUT2D eigenvalue weighted by atomic mass is 10.0. The number of likely N-dealkylation sites (N-methyl/N-ethyl adjacent to an activating group) is 1. The summed E-state index contributed by atoms with van der Waals surface area (Å²) in [7, 11) is 2.04. The molecule has 68 valence electrons. The first-order valence-corrected chi connectivity index (χ1v) is 4.62. The molecule has 0 aromatic carbocycles. The Morgan fingerprint density at radius 3 is 3.08 bits per heavy atom. The maximum absolute atomic E-state index is 5.81. The van der Waals surface area contributed by atoms with Gasteiger partial charge in [-0.1, -0.05) is 18.2 Å². The summed E-state index contributed by atoms with van der Waals surface area (Å²) in [6.07, 6.45) is 0.950. The summed E-state index contributed by atoms with van der Waals surface area (Å²) in [5.41, 5.74) is 3.22. The molecule has 13 heavy (non-hydrogen) atoms. The molecule has 0 unspecified atom stereocenters.